The Labute approximate surface area is 142 Å². The number of carbonyl (C=O) groups excluding carboxylic acids is 1. The number of ether oxygens (including phenoxy) is 3. The molecule has 4 nitrogen and oxygen atoms in total. The van der Waals surface area contributed by atoms with Gasteiger partial charge in [0.15, 0.2) is 18.1 Å². The molecular weight excluding hydrogens is 351 g/mol. The van der Waals surface area contributed by atoms with E-state index in [1.165, 1.54) is 13.2 Å². The van der Waals surface area contributed by atoms with Gasteiger partial charge in [-0.1, -0.05) is 34.8 Å². The fourth-order valence-electron chi connectivity index (χ4n) is 1.55. The van der Waals surface area contributed by atoms with Crippen LogP contribution in [-0.4, -0.2) is 19.7 Å². The van der Waals surface area contributed by atoms with Crippen molar-refractivity contribution in [1.82, 2.24) is 0 Å². The summed E-state index contributed by atoms with van der Waals surface area (Å²) in [5, 5.41) is 1.28. The molecule has 7 heteroatoms. The summed E-state index contributed by atoms with van der Waals surface area (Å²) >= 11 is 17.8. The Balaban J connectivity index is 2.24. The van der Waals surface area contributed by atoms with E-state index in [0.717, 1.165) is 0 Å². The average Bonchev–Trinajstić information content (AvgIpc) is 2.49. The van der Waals surface area contributed by atoms with Crippen molar-refractivity contribution in [3.05, 3.63) is 51.5 Å². The highest BCUT2D eigenvalue weighted by Gasteiger charge is 2.12. The van der Waals surface area contributed by atoms with Crippen LogP contribution in [0.3, 0.4) is 0 Å². The zero-order valence-corrected chi connectivity index (χ0v) is 13.7. The molecule has 0 bridgehead atoms. The zero-order chi connectivity index (χ0) is 16.1. The third-order valence-corrected chi connectivity index (χ3v) is 3.36. The lowest BCUT2D eigenvalue weighted by molar-refractivity contribution is -0.142. The molecule has 2 aromatic carbocycles. The third-order valence-electron chi connectivity index (χ3n) is 2.59. The van der Waals surface area contributed by atoms with Gasteiger partial charge in [0.05, 0.1) is 12.1 Å². The molecule has 0 aliphatic carbocycles. The predicted molar refractivity (Wildman–Crippen MR) is 85.5 cm³/mol. The van der Waals surface area contributed by atoms with E-state index in [9.17, 15) is 4.79 Å². The van der Waals surface area contributed by atoms with Crippen molar-refractivity contribution in [2.24, 2.45) is 0 Å². The summed E-state index contributed by atoms with van der Waals surface area (Å²) in [6, 6.07) is 9.61. The molecule has 2 rings (SSSR count). The largest absolute Gasteiger partial charge is 0.478 e. The molecule has 0 aliphatic heterocycles. The highest BCUT2D eigenvalue weighted by atomic mass is 35.5. The van der Waals surface area contributed by atoms with Crippen molar-refractivity contribution in [3.63, 3.8) is 0 Å². The smallest absolute Gasteiger partial charge is 0.343 e. The van der Waals surface area contributed by atoms with E-state index in [4.69, 9.17) is 44.3 Å². The number of hydrogen-bond donors (Lipinski definition) is 0. The number of benzene rings is 2. The molecule has 0 amide bonds. The average molecular weight is 362 g/mol. The lowest BCUT2D eigenvalue weighted by atomic mass is 10.3. The van der Waals surface area contributed by atoms with E-state index in [1.807, 2.05) is 0 Å². The first-order valence-corrected chi connectivity index (χ1v) is 7.25. The first-order chi connectivity index (χ1) is 10.5. The highest BCUT2D eigenvalue weighted by Crippen LogP contribution is 2.37. The maximum Gasteiger partial charge on any atom is 0.343 e. The van der Waals surface area contributed by atoms with Crippen LogP contribution in [0.2, 0.25) is 15.1 Å². The van der Waals surface area contributed by atoms with Gasteiger partial charge in [0.1, 0.15) is 5.75 Å². The first-order valence-electron chi connectivity index (χ1n) is 6.11. The molecule has 0 N–H and O–H groups in total. The summed E-state index contributed by atoms with van der Waals surface area (Å²) in [6.45, 7) is -0.262. The fraction of sp³-hybridized carbons (Fsp3) is 0.133. The summed E-state index contributed by atoms with van der Waals surface area (Å²) in [6.07, 6.45) is 0. The summed E-state index contributed by atoms with van der Waals surface area (Å²) in [5.74, 6) is 0.535. The van der Waals surface area contributed by atoms with Gasteiger partial charge in [-0.05, 0) is 30.3 Å². The third kappa shape index (κ3) is 4.44. The molecular formula is C15H11Cl3O4. The number of esters is 1. The number of rotatable bonds is 5. The lowest BCUT2D eigenvalue weighted by Crippen LogP contribution is -2.12. The Kier molecular flexibility index (Phi) is 5.77. The quantitative estimate of drug-likeness (QED) is 0.704. The first kappa shape index (κ1) is 16.7. The second-order valence-electron chi connectivity index (χ2n) is 4.13. The van der Waals surface area contributed by atoms with Gasteiger partial charge in [-0.25, -0.2) is 4.79 Å². The van der Waals surface area contributed by atoms with E-state index in [2.05, 4.69) is 4.74 Å². The molecule has 0 aromatic heterocycles. The number of hydrogen-bond acceptors (Lipinski definition) is 4. The zero-order valence-electron chi connectivity index (χ0n) is 11.4. The van der Waals surface area contributed by atoms with Crippen LogP contribution in [0.15, 0.2) is 36.4 Å². The highest BCUT2D eigenvalue weighted by molar-refractivity contribution is 6.35. The Morgan fingerprint density at radius 1 is 0.955 bits per heavy atom. The molecule has 0 atom stereocenters. The molecule has 0 saturated carbocycles. The maximum absolute atomic E-state index is 11.2. The van der Waals surface area contributed by atoms with Crippen LogP contribution in [0.25, 0.3) is 0 Å². The van der Waals surface area contributed by atoms with E-state index in [0.29, 0.717) is 32.3 Å². The van der Waals surface area contributed by atoms with Gasteiger partial charge in [-0.15, -0.1) is 0 Å². The second kappa shape index (κ2) is 7.58. The van der Waals surface area contributed by atoms with E-state index < -0.39 is 5.97 Å². The van der Waals surface area contributed by atoms with Crippen molar-refractivity contribution in [1.29, 1.82) is 0 Å². The Morgan fingerprint density at radius 3 is 2.23 bits per heavy atom. The summed E-state index contributed by atoms with van der Waals surface area (Å²) < 4.78 is 15.6. The topological polar surface area (TPSA) is 44.8 Å². The Hall–Kier alpha value is -1.62. The Morgan fingerprint density at radius 2 is 1.59 bits per heavy atom. The van der Waals surface area contributed by atoms with Crippen LogP contribution in [0.1, 0.15) is 0 Å². The molecule has 0 fully saturated rings. The van der Waals surface area contributed by atoms with Crippen molar-refractivity contribution in [2.45, 2.75) is 0 Å². The molecule has 0 unspecified atom stereocenters. The molecule has 2 aromatic rings. The second-order valence-corrected chi connectivity index (χ2v) is 5.41. The van der Waals surface area contributed by atoms with Gasteiger partial charge in [-0.3, -0.25) is 0 Å². The van der Waals surface area contributed by atoms with Crippen LogP contribution < -0.4 is 9.47 Å². The SMILES string of the molecule is COC(=O)COc1cc(Cl)ccc1Oc1ccc(Cl)cc1Cl. The molecule has 0 aliphatic rings. The van der Waals surface area contributed by atoms with Crippen molar-refractivity contribution in [2.75, 3.05) is 13.7 Å². The lowest BCUT2D eigenvalue weighted by Gasteiger charge is -2.13. The van der Waals surface area contributed by atoms with E-state index in [-0.39, 0.29) is 6.61 Å². The molecule has 116 valence electrons. The van der Waals surface area contributed by atoms with Crippen molar-refractivity contribution < 1.29 is 19.0 Å². The normalized spacial score (nSPS) is 10.2. The van der Waals surface area contributed by atoms with Gasteiger partial charge in [0.2, 0.25) is 0 Å². The summed E-state index contributed by atoms with van der Waals surface area (Å²) in [5.41, 5.74) is 0. The summed E-state index contributed by atoms with van der Waals surface area (Å²) in [4.78, 5) is 11.2. The van der Waals surface area contributed by atoms with Crippen LogP contribution in [0, 0.1) is 0 Å². The van der Waals surface area contributed by atoms with Gasteiger partial charge in [0.25, 0.3) is 0 Å². The van der Waals surface area contributed by atoms with Crippen LogP contribution in [0.5, 0.6) is 17.2 Å². The van der Waals surface area contributed by atoms with Crippen LogP contribution in [-0.2, 0) is 9.53 Å². The van der Waals surface area contributed by atoms with Gasteiger partial charge in [0, 0.05) is 16.1 Å². The predicted octanol–water partition coefficient (Wildman–Crippen LogP) is 4.99. The monoisotopic (exact) mass is 360 g/mol. The van der Waals surface area contributed by atoms with Gasteiger partial charge in [-0.2, -0.15) is 0 Å². The molecule has 0 spiro atoms. The number of carbonyl (C=O) groups is 1. The molecule has 0 heterocycles. The fourth-order valence-corrected chi connectivity index (χ4v) is 2.16. The molecule has 0 radical (unpaired) electrons. The van der Waals surface area contributed by atoms with Gasteiger partial charge < -0.3 is 14.2 Å². The molecule has 22 heavy (non-hydrogen) atoms. The maximum atomic E-state index is 11.2. The summed E-state index contributed by atoms with van der Waals surface area (Å²) in [7, 11) is 1.27. The minimum atomic E-state index is -0.518. The minimum absolute atomic E-state index is 0.262. The van der Waals surface area contributed by atoms with Gasteiger partial charge >= 0.3 is 5.97 Å². The molecule has 0 saturated heterocycles. The standard InChI is InChI=1S/C15H11Cl3O4/c1-20-15(19)8-21-14-7-10(17)3-5-13(14)22-12-4-2-9(16)6-11(12)18/h2-7H,8H2,1H3. The Bertz CT molecular complexity index is 688. The van der Waals surface area contributed by atoms with E-state index >= 15 is 0 Å². The van der Waals surface area contributed by atoms with Crippen molar-refractivity contribution >= 4 is 40.8 Å². The van der Waals surface area contributed by atoms with Crippen molar-refractivity contribution in [3.8, 4) is 17.2 Å². The minimum Gasteiger partial charge on any atom is -0.478 e. The number of halogens is 3. The van der Waals surface area contributed by atoms with E-state index in [1.54, 1.807) is 30.3 Å². The number of methoxy groups -OCH3 is 1. The van der Waals surface area contributed by atoms with Crippen LogP contribution in [0.4, 0.5) is 0 Å². The van der Waals surface area contributed by atoms with Crippen LogP contribution >= 0.6 is 34.8 Å².